The molecular formula is C20H15NO4. The van der Waals surface area contributed by atoms with Crippen molar-refractivity contribution < 1.29 is 18.5 Å². The highest BCUT2D eigenvalue weighted by molar-refractivity contribution is 5.89. The van der Waals surface area contributed by atoms with Crippen molar-refractivity contribution in [3.05, 3.63) is 77.5 Å². The third-order valence-electron chi connectivity index (χ3n) is 3.83. The second kappa shape index (κ2) is 6.28. The number of carbonyl (C=O) groups excluding carboxylic acids is 1. The van der Waals surface area contributed by atoms with Gasteiger partial charge in [0.2, 0.25) is 5.76 Å². The van der Waals surface area contributed by atoms with E-state index in [1.165, 1.54) is 0 Å². The van der Waals surface area contributed by atoms with Crippen LogP contribution in [0.25, 0.3) is 22.5 Å². The molecule has 2 aromatic carbocycles. The first kappa shape index (κ1) is 15.2. The lowest BCUT2D eigenvalue weighted by atomic mass is 10.1. The highest BCUT2D eigenvalue weighted by Gasteiger charge is 2.14. The van der Waals surface area contributed by atoms with Crippen molar-refractivity contribution in [3.63, 3.8) is 0 Å². The minimum Gasteiger partial charge on any atom is -0.455 e. The summed E-state index contributed by atoms with van der Waals surface area (Å²) in [5.41, 5.74) is 2.82. The molecule has 25 heavy (non-hydrogen) atoms. The molecule has 0 atom stereocenters. The molecule has 0 N–H and O–H groups in total. The average Bonchev–Trinajstić information content (AvgIpc) is 3.26. The van der Waals surface area contributed by atoms with Crippen molar-refractivity contribution in [2.75, 3.05) is 0 Å². The van der Waals surface area contributed by atoms with Crippen LogP contribution in [-0.4, -0.2) is 11.1 Å². The number of furan rings is 1. The van der Waals surface area contributed by atoms with Crippen molar-refractivity contribution in [3.8, 4) is 11.5 Å². The van der Waals surface area contributed by atoms with Crippen molar-refractivity contribution in [1.82, 2.24) is 5.16 Å². The zero-order valence-electron chi connectivity index (χ0n) is 13.6. The van der Waals surface area contributed by atoms with Crippen LogP contribution in [0.1, 0.15) is 21.6 Å². The van der Waals surface area contributed by atoms with Crippen LogP contribution in [0.5, 0.6) is 0 Å². The Morgan fingerprint density at radius 2 is 1.92 bits per heavy atom. The molecule has 4 aromatic rings. The number of aryl methyl sites for hydroxylation is 1. The van der Waals surface area contributed by atoms with Crippen molar-refractivity contribution in [1.29, 1.82) is 0 Å². The van der Waals surface area contributed by atoms with Gasteiger partial charge in [-0.15, -0.1) is 0 Å². The number of benzene rings is 2. The van der Waals surface area contributed by atoms with Gasteiger partial charge >= 0.3 is 5.97 Å². The van der Waals surface area contributed by atoms with E-state index in [0.29, 0.717) is 22.8 Å². The molecule has 0 fully saturated rings. The molecule has 0 spiro atoms. The normalized spacial score (nSPS) is 10.9. The van der Waals surface area contributed by atoms with Gasteiger partial charge in [0.1, 0.15) is 17.9 Å². The van der Waals surface area contributed by atoms with Crippen LogP contribution in [0.4, 0.5) is 0 Å². The second-order valence-corrected chi connectivity index (χ2v) is 5.78. The number of esters is 1. The lowest BCUT2D eigenvalue weighted by Gasteiger charge is -2.02. The molecule has 0 aliphatic rings. The fourth-order valence-electron chi connectivity index (χ4n) is 2.59. The molecule has 5 nitrogen and oxygen atoms in total. The zero-order valence-corrected chi connectivity index (χ0v) is 13.6. The number of ether oxygens (including phenoxy) is 1. The minimum atomic E-state index is -0.392. The van der Waals surface area contributed by atoms with Gasteiger partial charge in [0, 0.05) is 11.5 Å². The van der Waals surface area contributed by atoms with Gasteiger partial charge in [0.25, 0.3) is 0 Å². The molecule has 0 saturated carbocycles. The van der Waals surface area contributed by atoms with Gasteiger partial charge < -0.3 is 13.7 Å². The molecule has 0 unspecified atom stereocenters. The summed E-state index contributed by atoms with van der Waals surface area (Å²) in [6.07, 6.45) is 0. The Morgan fingerprint density at radius 3 is 2.76 bits per heavy atom. The van der Waals surface area contributed by atoms with E-state index in [1.807, 2.05) is 49.4 Å². The molecule has 0 aliphatic heterocycles. The Bertz CT molecular complexity index is 1010. The summed E-state index contributed by atoms with van der Waals surface area (Å²) >= 11 is 0. The summed E-state index contributed by atoms with van der Waals surface area (Å²) in [5.74, 6) is 0.694. The van der Waals surface area contributed by atoms with E-state index < -0.39 is 5.97 Å². The minimum absolute atomic E-state index is 0.0382. The summed E-state index contributed by atoms with van der Waals surface area (Å²) < 4.78 is 16.3. The van der Waals surface area contributed by atoms with Crippen LogP contribution in [0.3, 0.4) is 0 Å². The second-order valence-electron chi connectivity index (χ2n) is 5.78. The van der Waals surface area contributed by atoms with Crippen LogP contribution < -0.4 is 0 Å². The molecule has 124 valence electrons. The average molecular weight is 333 g/mol. The molecule has 0 radical (unpaired) electrons. The number of fused-ring (bicyclic) bond motifs is 1. The Hall–Kier alpha value is -3.34. The summed E-state index contributed by atoms with van der Waals surface area (Å²) in [4.78, 5) is 12.1. The molecule has 5 heteroatoms. The highest BCUT2D eigenvalue weighted by Crippen LogP contribution is 2.28. The summed E-state index contributed by atoms with van der Waals surface area (Å²) in [7, 11) is 0. The van der Waals surface area contributed by atoms with Crippen LogP contribution in [0.15, 0.2) is 69.6 Å². The molecule has 2 aromatic heterocycles. The molecule has 0 amide bonds. The van der Waals surface area contributed by atoms with Crippen molar-refractivity contribution in [2.24, 2.45) is 0 Å². The van der Waals surface area contributed by atoms with E-state index in [2.05, 4.69) is 5.16 Å². The number of hydrogen-bond donors (Lipinski definition) is 0. The molecule has 0 bridgehead atoms. The highest BCUT2D eigenvalue weighted by atomic mass is 16.5. The Kier molecular flexibility index (Phi) is 3.82. The van der Waals surface area contributed by atoms with Crippen LogP contribution >= 0.6 is 0 Å². The van der Waals surface area contributed by atoms with Gasteiger partial charge in [-0.25, -0.2) is 4.79 Å². The van der Waals surface area contributed by atoms with Gasteiger partial charge in [-0.05, 0) is 31.2 Å². The predicted molar refractivity (Wildman–Crippen MR) is 92.0 cm³/mol. The van der Waals surface area contributed by atoms with Gasteiger partial charge in [-0.1, -0.05) is 41.1 Å². The van der Waals surface area contributed by atoms with E-state index in [9.17, 15) is 4.79 Å². The first-order chi connectivity index (χ1) is 12.2. The lowest BCUT2D eigenvalue weighted by molar-refractivity contribution is 0.0464. The molecule has 4 rings (SSSR count). The van der Waals surface area contributed by atoms with Crippen LogP contribution in [0.2, 0.25) is 0 Å². The molecule has 2 heterocycles. The number of hydrogen-bond acceptors (Lipinski definition) is 5. The standard InChI is InChI=1S/C20H15NO4/c1-13-5-4-7-15(9-13)20(22)23-12-16-11-19(25-21-16)18-10-14-6-2-3-8-17(14)24-18/h2-11H,12H2,1H3. The quantitative estimate of drug-likeness (QED) is 0.504. The number of aromatic nitrogens is 1. The molecular weight excluding hydrogens is 318 g/mol. The third kappa shape index (κ3) is 3.17. The number of para-hydroxylation sites is 1. The summed E-state index contributed by atoms with van der Waals surface area (Å²) in [6.45, 7) is 1.96. The van der Waals surface area contributed by atoms with E-state index in [4.69, 9.17) is 13.7 Å². The maximum Gasteiger partial charge on any atom is 0.338 e. The van der Waals surface area contributed by atoms with Gasteiger partial charge in [-0.2, -0.15) is 0 Å². The number of rotatable bonds is 4. The van der Waals surface area contributed by atoms with Crippen LogP contribution in [-0.2, 0) is 11.3 Å². The first-order valence-electron chi connectivity index (χ1n) is 7.87. The third-order valence-corrected chi connectivity index (χ3v) is 3.83. The topological polar surface area (TPSA) is 65.5 Å². The smallest absolute Gasteiger partial charge is 0.338 e. The zero-order chi connectivity index (χ0) is 17.2. The van der Waals surface area contributed by atoms with E-state index >= 15 is 0 Å². The van der Waals surface area contributed by atoms with Crippen molar-refractivity contribution in [2.45, 2.75) is 13.5 Å². The Morgan fingerprint density at radius 1 is 1.04 bits per heavy atom. The summed E-state index contributed by atoms with van der Waals surface area (Å²) in [5, 5.41) is 4.92. The molecule has 0 aliphatic carbocycles. The molecule has 0 saturated heterocycles. The maximum atomic E-state index is 12.1. The predicted octanol–water partition coefficient (Wildman–Crippen LogP) is 4.75. The fourth-order valence-corrected chi connectivity index (χ4v) is 2.59. The van der Waals surface area contributed by atoms with Crippen molar-refractivity contribution >= 4 is 16.9 Å². The largest absolute Gasteiger partial charge is 0.455 e. The monoisotopic (exact) mass is 333 g/mol. The summed E-state index contributed by atoms with van der Waals surface area (Å²) in [6, 6.07) is 18.5. The number of nitrogens with zero attached hydrogens (tertiary/aromatic N) is 1. The van der Waals surface area contributed by atoms with Gasteiger partial charge in [-0.3, -0.25) is 0 Å². The van der Waals surface area contributed by atoms with Crippen LogP contribution in [0, 0.1) is 6.92 Å². The Labute approximate surface area is 143 Å². The van der Waals surface area contributed by atoms with E-state index in [-0.39, 0.29) is 6.61 Å². The fraction of sp³-hybridized carbons (Fsp3) is 0.100. The lowest BCUT2D eigenvalue weighted by Crippen LogP contribution is -2.05. The SMILES string of the molecule is Cc1cccc(C(=O)OCc2cc(-c3cc4ccccc4o3)on2)c1. The first-order valence-corrected chi connectivity index (χ1v) is 7.87. The van der Waals surface area contributed by atoms with Gasteiger partial charge in [0.15, 0.2) is 5.76 Å². The Balaban J connectivity index is 1.47. The van der Waals surface area contributed by atoms with E-state index in [0.717, 1.165) is 16.5 Å². The van der Waals surface area contributed by atoms with E-state index in [1.54, 1.807) is 18.2 Å². The number of carbonyl (C=O) groups is 1. The van der Waals surface area contributed by atoms with Gasteiger partial charge in [0.05, 0.1) is 5.56 Å². The maximum absolute atomic E-state index is 12.1.